The molecule has 4 heteroatoms. The molecule has 0 heterocycles. The van der Waals surface area contributed by atoms with Gasteiger partial charge in [0.15, 0.2) is 0 Å². The smallest absolute Gasteiger partial charge is 0.314 e. The van der Waals surface area contributed by atoms with E-state index >= 15 is 0 Å². The average Bonchev–Trinajstić information content (AvgIpc) is 1.65. The molecule has 0 bridgehead atoms. The minimum atomic E-state index is -1.29. The zero-order valence-corrected chi connectivity index (χ0v) is 3.38. The highest BCUT2D eigenvalue weighted by atomic mass is 16.4. The van der Waals surface area contributed by atoms with E-state index in [1.54, 1.807) is 0 Å². The topological polar surface area (TPSA) is 74.6 Å². The van der Waals surface area contributed by atoms with Crippen LogP contribution in [-0.2, 0) is 9.59 Å². The second-order valence-corrected chi connectivity index (χ2v) is 0.943. The highest BCUT2D eigenvalue weighted by molar-refractivity contribution is 5.88. The van der Waals surface area contributed by atoms with Crippen molar-refractivity contribution in [1.29, 1.82) is 1.43 Å². The molecule has 0 aromatic rings. The van der Waals surface area contributed by atoms with Crippen molar-refractivity contribution in [1.82, 2.24) is 0 Å². The van der Waals surface area contributed by atoms with Gasteiger partial charge in [0.2, 0.25) is 0 Å². The van der Waals surface area contributed by atoms with Crippen LogP contribution in [0.4, 0.5) is 0 Å². The van der Waals surface area contributed by atoms with Gasteiger partial charge in [-0.05, 0) is 0 Å². The summed E-state index contributed by atoms with van der Waals surface area (Å²) in [5.41, 5.74) is 0. The van der Waals surface area contributed by atoms with Crippen LogP contribution in [0.5, 0.6) is 0 Å². The Hall–Kier alpha value is -1.06. The number of hydrogen-bond donors (Lipinski definition) is 2. The Morgan fingerprint density at radius 3 is 2.29 bits per heavy atom. The van der Waals surface area contributed by atoms with Crippen LogP contribution < -0.4 is 0 Å². The Morgan fingerprint density at radius 2 is 2.14 bits per heavy atom. The predicted octanol–water partition coefficient (Wildman–Crippen LogP) is -0.454. The lowest BCUT2D eigenvalue weighted by atomic mass is 10.5. The fourth-order valence-corrected chi connectivity index (χ4v) is 0.123. The molecule has 40 valence electrons. The Morgan fingerprint density at radius 1 is 1.57 bits per heavy atom. The van der Waals surface area contributed by atoms with Gasteiger partial charge in [0.1, 0.15) is 6.42 Å². The lowest BCUT2D eigenvalue weighted by Gasteiger charge is -1.80. The van der Waals surface area contributed by atoms with Gasteiger partial charge in [-0.25, -0.2) is 0 Å². The van der Waals surface area contributed by atoms with E-state index in [-0.39, 0.29) is 0 Å². The summed E-state index contributed by atoms with van der Waals surface area (Å²) in [5, 5.41) is 11.1. The number of carboxylic acid groups (broad SMARTS) is 2. The summed E-state index contributed by atoms with van der Waals surface area (Å²) in [5.74, 6) is -2.35. The summed E-state index contributed by atoms with van der Waals surface area (Å²) >= 11 is 0. The third-order valence-electron chi connectivity index (χ3n) is 0.296. The first-order valence-electron chi connectivity index (χ1n) is 1.95. The van der Waals surface area contributed by atoms with E-state index < -0.39 is 18.4 Å². The monoisotopic (exact) mass is 105 g/mol. The Balaban J connectivity index is 3.40. The van der Waals surface area contributed by atoms with Crippen molar-refractivity contribution >= 4 is 11.9 Å². The normalized spacial score (nSPS) is 9.43. The molecular weight excluding hydrogens is 100 g/mol. The van der Waals surface area contributed by atoms with Crippen LogP contribution in [0.3, 0.4) is 0 Å². The van der Waals surface area contributed by atoms with Gasteiger partial charge in [-0.3, -0.25) is 9.59 Å². The molecule has 0 rings (SSSR count). The van der Waals surface area contributed by atoms with Gasteiger partial charge < -0.3 is 10.2 Å². The van der Waals surface area contributed by atoms with E-state index in [9.17, 15) is 9.59 Å². The quantitative estimate of drug-likeness (QED) is 0.466. The van der Waals surface area contributed by atoms with Gasteiger partial charge in [-0.2, -0.15) is 0 Å². The molecule has 0 spiro atoms. The maximum absolute atomic E-state index is 9.83. The van der Waals surface area contributed by atoms with E-state index in [0.717, 1.165) is 0 Å². The van der Waals surface area contributed by atoms with E-state index in [1.165, 1.54) is 0 Å². The number of carboxylic acids is 2. The number of rotatable bonds is 2. The molecule has 0 aliphatic heterocycles. The minimum Gasteiger partial charge on any atom is -0.481 e. The molecule has 0 aromatic carbocycles. The van der Waals surface area contributed by atoms with Crippen molar-refractivity contribution in [3.05, 3.63) is 0 Å². The van der Waals surface area contributed by atoms with Crippen LogP contribution in [0.25, 0.3) is 1.43 Å². The van der Waals surface area contributed by atoms with E-state index in [0.29, 0.717) is 0 Å². The summed E-state index contributed by atoms with van der Waals surface area (Å²) in [6.07, 6.45) is -0.747. The maximum atomic E-state index is 9.83. The molecule has 2 N–H and O–H groups in total. The molecule has 4 nitrogen and oxygen atoms in total. The zero-order valence-electron chi connectivity index (χ0n) is 4.38. The van der Waals surface area contributed by atoms with Gasteiger partial charge >= 0.3 is 11.9 Å². The number of carbonyl (C=O) groups is 2. The second-order valence-electron chi connectivity index (χ2n) is 0.943. The Bertz CT molecular complexity index is 110. The molecular formula is C3H4O4. The van der Waals surface area contributed by atoms with E-state index in [2.05, 4.69) is 5.11 Å². The first-order chi connectivity index (χ1) is 3.66. The Labute approximate surface area is 40.9 Å². The van der Waals surface area contributed by atoms with Crippen LogP contribution in [0.2, 0.25) is 0 Å². The van der Waals surface area contributed by atoms with Gasteiger partial charge in [0.05, 0.1) is 0 Å². The molecule has 0 saturated carbocycles. The molecule has 0 amide bonds. The predicted molar refractivity (Wildman–Crippen MR) is 19.9 cm³/mol. The van der Waals surface area contributed by atoms with E-state index in [4.69, 9.17) is 6.54 Å². The molecule has 7 heavy (non-hydrogen) atoms. The van der Waals surface area contributed by atoms with Crippen LogP contribution >= 0.6 is 0 Å². The van der Waals surface area contributed by atoms with Crippen molar-refractivity contribution in [2.45, 2.75) is 6.42 Å². The maximum Gasteiger partial charge on any atom is 0.314 e. The molecule has 0 fully saturated rings. The summed E-state index contributed by atoms with van der Waals surface area (Å²) in [4.78, 5) is 19.4. The first-order valence-corrected chi connectivity index (χ1v) is 1.54. The fraction of sp³-hybridized carbons (Fsp3) is 0.333. The van der Waals surface area contributed by atoms with Crippen LogP contribution in [-0.4, -0.2) is 22.2 Å². The molecule has 0 aliphatic rings. The van der Waals surface area contributed by atoms with Crippen molar-refractivity contribution < 1.29 is 19.8 Å². The second kappa shape index (κ2) is 2.17. The van der Waals surface area contributed by atoms with Gasteiger partial charge in [-0.1, -0.05) is 0 Å². The number of aliphatic carboxylic acids is 2. The van der Waals surface area contributed by atoms with Crippen molar-refractivity contribution in [3.63, 3.8) is 0 Å². The summed E-state index contributed by atoms with van der Waals surface area (Å²) in [7, 11) is 0. The van der Waals surface area contributed by atoms with E-state index in [1.807, 2.05) is 0 Å². The van der Waals surface area contributed by atoms with Crippen molar-refractivity contribution in [3.8, 4) is 0 Å². The molecule has 0 unspecified atom stereocenters. The molecule has 0 aromatic heterocycles. The van der Waals surface area contributed by atoms with Gasteiger partial charge in [0, 0.05) is 0 Å². The minimum absolute atomic E-state index is 0.747. The van der Waals surface area contributed by atoms with Crippen molar-refractivity contribution in [2.75, 3.05) is 0 Å². The average molecular weight is 105 g/mol. The van der Waals surface area contributed by atoms with Crippen LogP contribution in [0, 0.1) is 0 Å². The third-order valence-corrected chi connectivity index (χ3v) is 0.296. The van der Waals surface area contributed by atoms with Crippen LogP contribution in [0.1, 0.15) is 6.42 Å². The Kier molecular flexibility index (Phi) is 1.28. The molecule has 0 radical (unpaired) electrons. The van der Waals surface area contributed by atoms with Crippen molar-refractivity contribution in [2.24, 2.45) is 0 Å². The molecule has 0 atom stereocenters. The summed E-state index contributed by atoms with van der Waals surface area (Å²) in [6.45, 7) is 0. The standard InChI is InChI=1S/C3H4O4/c4-2(5)1-3(6)7/h1H2,(H,4,5)(H,6,7)/i/hD. The first kappa shape index (κ1) is 4.11. The summed E-state index contributed by atoms with van der Waals surface area (Å²) in [6, 6.07) is 0. The SMILES string of the molecule is [2H]OC(=O)CC(=O)O. The lowest BCUT2D eigenvalue weighted by Crippen LogP contribution is -2.03. The summed E-state index contributed by atoms with van der Waals surface area (Å²) < 4.78 is 5.89. The highest BCUT2D eigenvalue weighted by Gasteiger charge is 2.01. The zero-order chi connectivity index (χ0) is 6.57. The largest absolute Gasteiger partial charge is 0.481 e. The number of hydrogen-bond acceptors (Lipinski definition) is 3. The lowest BCUT2D eigenvalue weighted by molar-refractivity contribution is -0.147. The van der Waals surface area contributed by atoms with Gasteiger partial charge in [0.25, 0.3) is 1.43 Å². The highest BCUT2D eigenvalue weighted by Crippen LogP contribution is 1.74. The van der Waals surface area contributed by atoms with Gasteiger partial charge in [-0.15, -0.1) is 0 Å². The molecule has 0 saturated heterocycles. The molecule has 0 aliphatic carbocycles. The third kappa shape index (κ3) is 4.94. The fourth-order valence-electron chi connectivity index (χ4n) is 0.123. The van der Waals surface area contributed by atoms with Crippen LogP contribution in [0.15, 0.2) is 0 Å².